The van der Waals surface area contributed by atoms with Gasteiger partial charge in [-0.3, -0.25) is 0 Å². The average molecular weight is 450 g/mol. The van der Waals surface area contributed by atoms with E-state index in [-0.39, 0.29) is 23.8 Å². The minimum absolute atomic E-state index is 0.0492. The van der Waals surface area contributed by atoms with Crippen molar-refractivity contribution in [3.05, 3.63) is 71.3 Å². The lowest BCUT2D eigenvalue weighted by Gasteiger charge is -2.25. The second-order valence-electron chi connectivity index (χ2n) is 7.55. The third-order valence-corrected chi connectivity index (χ3v) is 7.70. The molecule has 0 aliphatic carbocycles. The number of halogens is 1. The molecule has 31 heavy (non-hydrogen) atoms. The van der Waals surface area contributed by atoms with Crippen molar-refractivity contribution in [2.24, 2.45) is 0 Å². The zero-order chi connectivity index (χ0) is 22.3. The summed E-state index contributed by atoms with van der Waals surface area (Å²) in [6, 6.07) is 15.8. The van der Waals surface area contributed by atoms with Crippen LogP contribution in [0.2, 0.25) is 0 Å². The Labute approximate surface area is 183 Å². The van der Waals surface area contributed by atoms with Crippen LogP contribution < -0.4 is 0 Å². The molecule has 2 unspecified atom stereocenters. The Bertz CT molecular complexity index is 967. The number of benzene rings is 2. The van der Waals surface area contributed by atoms with E-state index >= 15 is 0 Å². The second-order valence-corrected chi connectivity index (χ2v) is 9.67. The van der Waals surface area contributed by atoms with E-state index < -0.39 is 27.9 Å². The first-order chi connectivity index (χ1) is 15.0. The van der Waals surface area contributed by atoms with E-state index in [0.717, 1.165) is 12.0 Å². The number of carbonyl (C=O) groups is 1. The quantitative estimate of drug-likeness (QED) is 0.572. The molecule has 0 saturated carbocycles. The summed E-state index contributed by atoms with van der Waals surface area (Å²) in [4.78, 5) is 11.8. The van der Waals surface area contributed by atoms with Gasteiger partial charge in [0.2, 0.25) is 10.0 Å². The zero-order valence-corrected chi connectivity index (χ0v) is 18.4. The molecule has 1 heterocycles. The van der Waals surface area contributed by atoms with Crippen LogP contribution in [-0.4, -0.2) is 51.7 Å². The molecule has 0 spiro atoms. The molecule has 0 amide bonds. The molecule has 3 rings (SSSR count). The Hall–Kier alpha value is -2.29. The van der Waals surface area contributed by atoms with Gasteiger partial charge in [0.05, 0.1) is 25.4 Å². The van der Waals surface area contributed by atoms with E-state index in [2.05, 4.69) is 4.74 Å². The molecule has 1 saturated heterocycles. The van der Waals surface area contributed by atoms with Crippen molar-refractivity contribution in [1.29, 1.82) is 0 Å². The summed E-state index contributed by atoms with van der Waals surface area (Å²) in [6.45, 7) is -0.00121. The number of methoxy groups -OCH3 is 1. The summed E-state index contributed by atoms with van der Waals surface area (Å²) in [6.07, 6.45) is 1.89. The van der Waals surface area contributed by atoms with Gasteiger partial charge in [0.1, 0.15) is 11.9 Å². The standard InChI is InChI=1S/C23H28FNO5S/c1-29-23(26)20-10-5-9-19(15-20)22(16-24)31(27,28)25-13-6-11-21(12-14-25)30-17-18-7-3-2-4-8-18/h2-5,7-10,15,21-22H,6,11-14,16-17H2,1H3. The van der Waals surface area contributed by atoms with Crippen molar-refractivity contribution >= 4 is 16.0 Å². The summed E-state index contributed by atoms with van der Waals surface area (Å²) in [5, 5.41) is -1.36. The Balaban J connectivity index is 1.68. The summed E-state index contributed by atoms with van der Waals surface area (Å²) in [5.41, 5.74) is 1.50. The minimum atomic E-state index is -3.94. The molecule has 8 heteroatoms. The van der Waals surface area contributed by atoms with Crippen molar-refractivity contribution in [1.82, 2.24) is 4.31 Å². The van der Waals surface area contributed by atoms with Gasteiger partial charge in [-0.05, 0) is 42.5 Å². The van der Waals surface area contributed by atoms with Crippen molar-refractivity contribution in [2.75, 3.05) is 26.9 Å². The molecule has 1 aliphatic heterocycles. The van der Waals surface area contributed by atoms with Gasteiger partial charge >= 0.3 is 5.97 Å². The number of ether oxygens (including phenoxy) is 2. The van der Waals surface area contributed by atoms with Crippen molar-refractivity contribution in [2.45, 2.75) is 37.2 Å². The van der Waals surface area contributed by atoms with E-state index in [1.54, 1.807) is 0 Å². The van der Waals surface area contributed by atoms with Gasteiger partial charge in [0, 0.05) is 13.1 Å². The van der Waals surface area contributed by atoms with E-state index in [1.807, 2.05) is 30.3 Å². The minimum Gasteiger partial charge on any atom is -0.465 e. The summed E-state index contributed by atoms with van der Waals surface area (Å²) in [7, 11) is -2.70. The molecule has 0 radical (unpaired) electrons. The van der Waals surface area contributed by atoms with Crippen LogP contribution in [0, 0.1) is 0 Å². The fourth-order valence-electron chi connectivity index (χ4n) is 3.75. The van der Waals surface area contributed by atoms with Crippen LogP contribution in [0.25, 0.3) is 0 Å². The van der Waals surface area contributed by atoms with Crippen LogP contribution in [0.3, 0.4) is 0 Å². The number of carbonyl (C=O) groups excluding carboxylic acids is 1. The van der Waals surface area contributed by atoms with Gasteiger partial charge in [0.15, 0.2) is 0 Å². The summed E-state index contributed by atoms with van der Waals surface area (Å²) < 4.78 is 52.4. The van der Waals surface area contributed by atoms with Crippen LogP contribution >= 0.6 is 0 Å². The van der Waals surface area contributed by atoms with Crippen LogP contribution in [0.15, 0.2) is 54.6 Å². The maximum Gasteiger partial charge on any atom is 0.337 e. The number of alkyl halides is 1. The third-order valence-electron chi connectivity index (χ3n) is 5.50. The highest BCUT2D eigenvalue weighted by Gasteiger charge is 2.35. The maximum absolute atomic E-state index is 13.9. The predicted octanol–water partition coefficient (Wildman–Crippen LogP) is 3.88. The lowest BCUT2D eigenvalue weighted by molar-refractivity contribution is 0.0323. The number of hydrogen-bond acceptors (Lipinski definition) is 5. The number of sulfonamides is 1. The molecular weight excluding hydrogens is 421 g/mol. The molecule has 2 aromatic rings. The Morgan fingerprint density at radius 3 is 2.61 bits per heavy atom. The molecule has 168 valence electrons. The number of rotatable bonds is 8. The number of esters is 1. The van der Waals surface area contributed by atoms with Gasteiger partial charge in [-0.25, -0.2) is 21.9 Å². The smallest absolute Gasteiger partial charge is 0.337 e. The highest BCUT2D eigenvalue weighted by Crippen LogP contribution is 2.29. The van der Waals surface area contributed by atoms with Gasteiger partial charge in [-0.1, -0.05) is 42.5 Å². The summed E-state index contributed by atoms with van der Waals surface area (Å²) >= 11 is 0. The monoisotopic (exact) mass is 449 g/mol. The fourth-order valence-corrected chi connectivity index (χ4v) is 5.51. The zero-order valence-electron chi connectivity index (χ0n) is 17.6. The molecular formula is C23H28FNO5S. The van der Waals surface area contributed by atoms with Crippen LogP contribution in [0.4, 0.5) is 4.39 Å². The maximum atomic E-state index is 13.9. The Morgan fingerprint density at radius 2 is 1.90 bits per heavy atom. The third kappa shape index (κ3) is 5.90. The number of nitrogens with zero attached hydrogens (tertiary/aromatic N) is 1. The molecule has 0 N–H and O–H groups in total. The highest BCUT2D eigenvalue weighted by molar-refractivity contribution is 7.89. The fraction of sp³-hybridized carbons (Fsp3) is 0.435. The molecule has 0 bridgehead atoms. The van der Waals surface area contributed by atoms with Crippen molar-refractivity contribution < 1.29 is 27.1 Å². The van der Waals surface area contributed by atoms with E-state index in [9.17, 15) is 17.6 Å². The molecule has 0 aromatic heterocycles. The molecule has 1 aliphatic rings. The van der Waals surface area contributed by atoms with Crippen LogP contribution in [0.1, 0.15) is 46.0 Å². The van der Waals surface area contributed by atoms with E-state index in [4.69, 9.17) is 4.74 Å². The van der Waals surface area contributed by atoms with Gasteiger partial charge in [-0.2, -0.15) is 0 Å². The topological polar surface area (TPSA) is 72.9 Å². The first-order valence-electron chi connectivity index (χ1n) is 10.3. The van der Waals surface area contributed by atoms with Crippen molar-refractivity contribution in [3.8, 4) is 0 Å². The average Bonchev–Trinajstić information content (AvgIpc) is 3.05. The number of hydrogen-bond donors (Lipinski definition) is 0. The lowest BCUT2D eigenvalue weighted by atomic mass is 10.1. The van der Waals surface area contributed by atoms with Gasteiger partial charge in [0.25, 0.3) is 0 Å². The highest BCUT2D eigenvalue weighted by atomic mass is 32.2. The molecule has 6 nitrogen and oxygen atoms in total. The van der Waals surface area contributed by atoms with Gasteiger partial charge < -0.3 is 9.47 Å². The first kappa shape index (κ1) is 23.4. The summed E-state index contributed by atoms with van der Waals surface area (Å²) in [5.74, 6) is -0.593. The predicted molar refractivity (Wildman–Crippen MR) is 116 cm³/mol. The van der Waals surface area contributed by atoms with Crippen LogP contribution in [0.5, 0.6) is 0 Å². The van der Waals surface area contributed by atoms with E-state index in [0.29, 0.717) is 26.0 Å². The van der Waals surface area contributed by atoms with E-state index in [1.165, 1.54) is 35.7 Å². The lowest BCUT2D eigenvalue weighted by Crippen LogP contribution is -2.36. The second kappa shape index (κ2) is 10.8. The van der Waals surface area contributed by atoms with Crippen LogP contribution in [-0.2, 0) is 26.1 Å². The molecule has 2 aromatic carbocycles. The SMILES string of the molecule is COC(=O)c1cccc(C(CF)S(=O)(=O)N2CCCC(OCc3ccccc3)CC2)c1. The molecule has 2 atom stereocenters. The Morgan fingerprint density at radius 1 is 1.13 bits per heavy atom. The Kier molecular flexibility index (Phi) is 8.17. The largest absolute Gasteiger partial charge is 0.465 e. The molecule has 1 fully saturated rings. The van der Waals surface area contributed by atoms with Crippen molar-refractivity contribution in [3.63, 3.8) is 0 Å². The first-order valence-corrected chi connectivity index (χ1v) is 11.8. The van der Waals surface area contributed by atoms with Gasteiger partial charge in [-0.15, -0.1) is 0 Å². The normalized spacial score (nSPS) is 18.8.